The normalized spacial score (nSPS) is 12.1. The van der Waals surface area contributed by atoms with E-state index in [2.05, 4.69) is 105 Å². The number of pyridine rings is 1. The van der Waals surface area contributed by atoms with E-state index in [9.17, 15) is 0 Å². The molecule has 0 unspecified atom stereocenters. The largest absolute Gasteiger partial charge is 0.308 e. The van der Waals surface area contributed by atoms with Crippen LogP contribution in [0, 0.1) is 6.57 Å². The zero-order valence-corrected chi connectivity index (χ0v) is 25.4. The molecule has 6 nitrogen and oxygen atoms in total. The fourth-order valence-corrected chi connectivity index (χ4v) is 7.97. The van der Waals surface area contributed by atoms with Gasteiger partial charge in [0.05, 0.1) is 39.7 Å². The maximum Gasteiger partial charge on any atom is 0.235 e. The first-order valence-electron chi connectivity index (χ1n) is 15.9. The van der Waals surface area contributed by atoms with Crippen molar-refractivity contribution in [1.82, 2.24) is 23.9 Å². The fourth-order valence-electron chi connectivity index (χ4n) is 7.97. The molecule has 0 aliphatic rings. The van der Waals surface area contributed by atoms with Gasteiger partial charge in [-0.05, 0) is 58.8 Å². The first kappa shape index (κ1) is 25.4. The Bertz CT molecular complexity index is 3200. The highest BCUT2D eigenvalue weighted by atomic mass is 15.2. The van der Waals surface area contributed by atoms with Gasteiger partial charge < -0.3 is 4.40 Å². The van der Waals surface area contributed by atoms with E-state index in [1.807, 2.05) is 36.4 Å². The van der Waals surface area contributed by atoms with Crippen molar-refractivity contribution in [2.24, 2.45) is 0 Å². The number of aromatic nitrogens is 5. The third kappa shape index (κ3) is 3.17. The summed E-state index contributed by atoms with van der Waals surface area (Å²) in [7, 11) is 0. The molecule has 0 aliphatic carbocycles. The molecule has 0 N–H and O–H groups in total. The Balaban J connectivity index is 1.38. The molecule has 0 bridgehead atoms. The summed E-state index contributed by atoms with van der Waals surface area (Å²) >= 11 is 0. The smallest absolute Gasteiger partial charge is 0.235 e. The zero-order valence-electron chi connectivity index (χ0n) is 25.4. The molecule has 11 aromatic rings. The van der Waals surface area contributed by atoms with Crippen molar-refractivity contribution < 1.29 is 0 Å². The Morgan fingerprint density at radius 1 is 0.562 bits per heavy atom. The van der Waals surface area contributed by atoms with Gasteiger partial charge in [0.25, 0.3) is 0 Å². The zero-order chi connectivity index (χ0) is 31.5. The minimum absolute atomic E-state index is 0.557. The van der Waals surface area contributed by atoms with E-state index < -0.39 is 0 Å². The molecule has 11 rings (SSSR count). The van der Waals surface area contributed by atoms with Crippen molar-refractivity contribution in [2.75, 3.05) is 0 Å². The molecular weight excluding hydrogens is 589 g/mol. The van der Waals surface area contributed by atoms with Crippen LogP contribution in [0.15, 0.2) is 134 Å². The molecule has 5 heterocycles. The molecule has 0 amide bonds. The van der Waals surface area contributed by atoms with Gasteiger partial charge in [-0.25, -0.2) is 14.8 Å². The summed E-state index contributed by atoms with van der Waals surface area (Å²) < 4.78 is 4.67. The van der Waals surface area contributed by atoms with E-state index >= 15 is 0 Å². The average Bonchev–Trinajstić information content (AvgIpc) is 3.79. The van der Waals surface area contributed by atoms with Crippen molar-refractivity contribution >= 4 is 87.4 Å². The number of fused-ring (bicyclic) bond motifs is 13. The molecular formula is C42H22N6. The van der Waals surface area contributed by atoms with Gasteiger partial charge in [-0.2, -0.15) is 0 Å². The topological polar surface area (TPSA) is 52.4 Å². The highest BCUT2D eigenvalue weighted by Gasteiger charge is 2.26. The molecule has 0 saturated heterocycles. The average molecular weight is 611 g/mol. The monoisotopic (exact) mass is 610 g/mol. The van der Waals surface area contributed by atoms with Gasteiger partial charge in [0.2, 0.25) is 5.95 Å². The van der Waals surface area contributed by atoms with Crippen LogP contribution in [-0.2, 0) is 0 Å². The fraction of sp³-hybridized carbons (Fsp3) is 0. The van der Waals surface area contributed by atoms with Crippen LogP contribution in [0.25, 0.3) is 104 Å². The predicted molar refractivity (Wildman–Crippen MR) is 196 cm³/mol. The van der Waals surface area contributed by atoms with Crippen molar-refractivity contribution in [3.63, 3.8) is 0 Å². The second-order valence-electron chi connectivity index (χ2n) is 12.3. The van der Waals surface area contributed by atoms with Crippen LogP contribution >= 0.6 is 0 Å². The first-order valence-corrected chi connectivity index (χ1v) is 15.9. The van der Waals surface area contributed by atoms with E-state index in [0.29, 0.717) is 22.8 Å². The number of para-hydroxylation sites is 2. The number of rotatable bonds is 2. The van der Waals surface area contributed by atoms with Crippen LogP contribution in [0.3, 0.4) is 0 Å². The Kier molecular flexibility index (Phi) is 4.82. The summed E-state index contributed by atoms with van der Waals surface area (Å²) in [6.45, 7) is 7.63. The van der Waals surface area contributed by atoms with Crippen molar-refractivity contribution in [3.8, 4) is 17.2 Å². The van der Waals surface area contributed by atoms with Gasteiger partial charge in [-0.3, -0.25) is 9.55 Å². The molecule has 220 valence electrons. The molecule has 0 aliphatic heterocycles. The molecule has 0 saturated carbocycles. The molecule has 5 aromatic heterocycles. The SMILES string of the molecule is [C-]#[N+]c1cccc(-c2nc(-n3c4ccccc4c4c5c6c7ccccc7ccc6n6c7ccccc7c(cc43)c56)nc3cccnc23)c1. The summed E-state index contributed by atoms with van der Waals surface area (Å²) in [5.41, 5.74) is 9.25. The van der Waals surface area contributed by atoms with Gasteiger partial charge in [-0.15, -0.1) is 0 Å². The number of hydrogen-bond donors (Lipinski definition) is 0. The third-order valence-corrected chi connectivity index (χ3v) is 9.88. The van der Waals surface area contributed by atoms with Crippen LogP contribution in [-0.4, -0.2) is 23.9 Å². The van der Waals surface area contributed by atoms with Crippen LogP contribution < -0.4 is 0 Å². The van der Waals surface area contributed by atoms with Gasteiger partial charge in [-0.1, -0.05) is 84.9 Å². The molecule has 0 radical (unpaired) electrons. The van der Waals surface area contributed by atoms with Crippen molar-refractivity contribution in [3.05, 3.63) is 145 Å². The summed E-state index contributed by atoms with van der Waals surface area (Å²) in [5, 5.41) is 9.70. The Labute approximate surface area is 272 Å². The lowest BCUT2D eigenvalue weighted by Crippen LogP contribution is -2.04. The summed E-state index contributed by atoms with van der Waals surface area (Å²) in [6, 6.07) is 44.3. The van der Waals surface area contributed by atoms with Crippen molar-refractivity contribution in [1.29, 1.82) is 0 Å². The Morgan fingerprint density at radius 3 is 2.25 bits per heavy atom. The van der Waals surface area contributed by atoms with Gasteiger partial charge >= 0.3 is 0 Å². The number of hydrogen-bond acceptors (Lipinski definition) is 3. The summed E-state index contributed by atoms with van der Waals surface area (Å²) in [6.07, 6.45) is 1.77. The van der Waals surface area contributed by atoms with Crippen LogP contribution in [0.2, 0.25) is 0 Å². The van der Waals surface area contributed by atoms with Gasteiger partial charge in [0.15, 0.2) is 5.69 Å². The highest BCUT2D eigenvalue weighted by Crippen LogP contribution is 2.48. The van der Waals surface area contributed by atoms with E-state index in [1.165, 1.54) is 54.3 Å². The minimum atomic E-state index is 0.557. The standard InChI is InChI=1S/C42H22N6/c1-43-26-12-8-11-25(22-26)39-40-31(16-9-21-44-40)45-42(46-39)48-33-18-7-5-15-29(33)37-35(48)23-30-28-14-4-6-17-32(28)47-34-20-19-24-10-2-3-13-27(24)36(34)38(37)41(30)47/h2-23H. The first-order chi connectivity index (χ1) is 23.8. The molecule has 0 atom stereocenters. The number of benzene rings is 6. The van der Waals surface area contributed by atoms with Gasteiger partial charge in [0, 0.05) is 38.5 Å². The van der Waals surface area contributed by atoms with Crippen LogP contribution in [0.1, 0.15) is 0 Å². The van der Waals surface area contributed by atoms with Crippen LogP contribution in [0.5, 0.6) is 0 Å². The van der Waals surface area contributed by atoms with E-state index in [0.717, 1.165) is 27.5 Å². The second kappa shape index (κ2) is 9.12. The Morgan fingerprint density at radius 2 is 1.35 bits per heavy atom. The molecule has 48 heavy (non-hydrogen) atoms. The summed E-state index contributed by atoms with van der Waals surface area (Å²) in [4.78, 5) is 18.8. The Hall–Kier alpha value is -6.84. The second-order valence-corrected chi connectivity index (χ2v) is 12.3. The summed E-state index contributed by atoms with van der Waals surface area (Å²) in [5.74, 6) is 0.566. The molecule has 6 aromatic carbocycles. The van der Waals surface area contributed by atoms with E-state index in [-0.39, 0.29) is 0 Å². The van der Waals surface area contributed by atoms with E-state index in [1.54, 1.807) is 6.20 Å². The lowest BCUT2D eigenvalue weighted by molar-refractivity contribution is 1.01. The maximum atomic E-state index is 7.63. The third-order valence-electron chi connectivity index (χ3n) is 9.88. The van der Waals surface area contributed by atoms with E-state index in [4.69, 9.17) is 21.5 Å². The minimum Gasteiger partial charge on any atom is -0.308 e. The lowest BCUT2D eigenvalue weighted by Gasteiger charge is -2.11. The predicted octanol–water partition coefficient (Wildman–Crippen LogP) is 10.6. The lowest BCUT2D eigenvalue weighted by atomic mass is 9.98. The van der Waals surface area contributed by atoms with Gasteiger partial charge in [0.1, 0.15) is 11.2 Å². The highest BCUT2D eigenvalue weighted by molar-refractivity contribution is 6.38. The molecule has 0 fully saturated rings. The molecule has 6 heteroatoms. The van der Waals surface area contributed by atoms with Crippen LogP contribution in [0.4, 0.5) is 5.69 Å². The quantitative estimate of drug-likeness (QED) is 0.183. The molecule has 0 spiro atoms. The van der Waals surface area contributed by atoms with Crippen molar-refractivity contribution in [2.45, 2.75) is 0 Å². The maximum absolute atomic E-state index is 7.63. The number of nitrogens with zero attached hydrogens (tertiary/aromatic N) is 6.